The third-order valence-electron chi connectivity index (χ3n) is 10.8. The average Bonchev–Trinajstić information content (AvgIpc) is 3.57. The summed E-state index contributed by atoms with van der Waals surface area (Å²) in [5, 5.41) is 5.21. The lowest BCUT2D eigenvalue weighted by Crippen LogP contribution is -2.14. The van der Waals surface area contributed by atoms with E-state index in [1.54, 1.807) is 0 Å². The van der Waals surface area contributed by atoms with E-state index < -0.39 is 0 Å². The molecule has 0 heteroatoms. The molecule has 0 atom stereocenters. The van der Waals surface area contributed by atoms with Crippen LogP contribution < -0.4 is 0 Å². The monoisotopic (exact) mass is 596 g/mol. The van der Waals surface area contributed by atoms with Crippen molar-refractivity contribution >= 4 is 21.5 Å². The predicted molar refractivity (Wildman–Crippen MR) is 200 cm³/mol. The van der Waals surface area contributed by atoms with Crippen molar-refractivity contribution in [2.75, 3.05) is 0 Å². The first-order chi connectivity index (χ1) is 23.0. The van der Waals surface area contributed by atoms with Gasteiger partial charge in [-0.05, 0) is 124 Å². The second-order valence-corrected chi connectivity index (χ2v) is 13.7. The van der Waals surface area contributed by atoms with E-state index >= 15 is 0 Å². The van der Waals surface area contributed by atoms with E-state index in [0.717, 1.165) is 0 Å². The molecule has 0 heterocycles. The number of hydrogen-bond acceptors (Lipinski definition) is 0. The van der Waals surface area contributed by atoms with Gasteiger partial charge in [-0.3, -0.25) is 0 Å². The zero-order valence-corrected chi connectivity index (χ0v) is 26.5. The molecule has 0 fully saturated rings. The molecule has 8 aromatic rings. The highest BCUT2D eigenvalue weighted by atomic mass is 14.4. The van der Waals surface area contributed by atoms with Gasteiger partial charge in [0.15, 0.2) is 0 Å². The molecule has 0 saturated heterocycles. The minimum absolute atomic E-state index is 0.00802. The van der Waals surface area contributed by atoms with Gasteiger partial charge < -0.3 is 0 Å². The summed E-state index contributed by atoms with van der Waals surface area (Å²) >= 11 is 0. The second kappa shape index (κ2) is 9.64. The van der Waals surface area contributed by atoms with Gasteiger partial charge in [0.1, 0.15) is 0 Å². The maximum atomic E-state index is 2.42. The highest BCUT2D eigenvalue weighted by Gasteiger charge is 2.35. The van der Waals surface area contributed by atoms with Crippen molar-refractivity contribution in [1.82, 2.24) is 0 Å². The van der Waals surface area contributed by atoms with Crippen LogP contribution in [0.25, 0.3) is 88.3 Å². The molecule has 47 heavy (non-hydrogen) atoms. The van der Waals surface area contributed by atoms with Crippen LogP contribution in [0.15, 0.2) is 158 Å². The van der Waals surface area contributed by atoms with Gasteiger partial charge in [0.05, 0.1) is 0 Å². The highest BCUT2D eigenvalue weighted by molar-refractivity contribution is 6.18. The third-order valence-corrected chi connectivity index (χ3v) is 10.8. The van der Waals surface area contributed by atoms with Crippen molar-refractivity contribution < 1.29 is 0 Å². The van der Waals surface area contributed by atoms with Crippen LogP contribution >= 0.6 is 0 Å². The van der Waals surface area contributed by atoms with Crippen LogP contribution in [-0.4, -0.2) is 0 Å². The Labute approximate surface area is 275 Å². The minimum Gasteiger partial charge on any atom is -0.0619 e. The molecule has 0 spiro atoms. The molecular formula is C47H32. The van der Waals surface area contributed by atoms with Crippen molar-refractivity contribution in [3.63, 3.8) is 0 Å². The van der Waals surface area contributed by atoms with Crippen molar-refractivity contribution in [3.05, 3.63) is 169 Å². The SMILES string of the molecule is CC1(C)c2ccccc2-c2ccc(-c3ccc4ccc(-c5cccc(-c6ccc7c8c(cccc68)-c6ccccc6-7)c5)cc4c3)cc21. The number of rotatable bonds is 3. The lowest BCUT2D eigenvalue weighted by Gasteiger charge is -2.22. The van der Waals surface area contributed by atoms with Crippen molar-refractivity contribution in [2.45, 2.75) is 19.3 Å². The lowest BCUT2D eigenvalue weighted by molar-refractivity contribution is 0.660. The molecule has 0 saturated carbocycles. The fourth-order valence-electron chi connectivity index (χ4n) is 8.42. The van der Waals surface area contributed by atoms with Gasteiger partial charge in [0.2, 0.25) is 0 Å². The Balaban J connectivity index is 1.04. The van der Waals surface area contributed by atoms with E-state index in [9.17, 15) is 0 Å². The average molecular weight is 597 g/mol. The summed E-state index contributed by atoms with van der Waals surface area (Å²) in [5.74, 6) is 0. The first kappa shape index (κ1) is 26.5. The van der Waals surface area contributed by atoms with Gasteiger partial charge >= 0.3 is 0 Å². The third kappa shape index (κ3) is 3.82. The normalized spacial score (nSPS) is 13.5. The molecular weight excluding hydrogens is 565 g/mol. The smallest absolute Gasteiger partial charge is 0.0159 e. The quantitative estimate of drug-likeness (QED) is 0.190. The van der Waals surface area contributed by atoms with Crippen molar-refractivity contribution in [1.29, 1.82) is 0 Å². The fraction of sp³-hybridized carbons (Fsp3) is 0.0638. The Morgan fingerprint density at radius 2 is 0.851 bits per heavy atom. The largest absolute Gasteiger partial charge is 0.0619 e. The summed E-state index contributed by atoms with van der Waals surface area (Å²) in [4.78, 5) is 0. The summed E-state index contributed by atoms with van der Waals surface area (Å²) < 4.78 is 0. The molecule has 0 N–H and O–H groups in total. The molecule has 220 valence electrons. The van der Waals surface area contributed by atoms with Crippen LogP contribution in [0.4, 0.5) is 0 Å². The Morgan fingerprint density at radius 1 is 0.319 bits per heavy atom. The van der Waals surface area contributed by atoms with Crippen LogP contribution in [0.1, 0.15) is 25.0 Å². The van der Waals surface area contributed by atoms with Crippen LogP contribution in [0.2, 0.25) is 0 Å². The van der Waals surface area contributed by atoms with Crippen molar-refractivity contribution in [3.8, 4) is 66.8 Å². The van der Waals surface area contributed by atoms with E-state index in [4.69, 9.17) is 0 Å². The Bertz CT molecular complexity index is 2570. The molecule has 0 aliphatic heterocycles. The Morgan fingerprint density at radius 3 is 1.64 bits per heavy atom. The standard InChI is InChI=1S/C47H32/c1-47(2)44-16-6-5-13-39(44)40-22-21-33(28-45(40)47)32-20-18-29-17-19-31(26-35(29)27-32)30-9-7-10-34(25-30)36-23-24-43-38-12-4-3-11-37(38)42-15-8-14-41(36)46(42)43/h3-28H,1-2H3. The maximum absolute atomic E-state index is 2.42. The van der Waals surface area contributed by atoms with E-state index in [2.05, 4.69) is 172 Å². The summed E-state index contributed by atoms with van der Waals surface area (Å²) in [7, 11) is 0. The van der Waals surface area contributed by atoms with Gasteiger partial charge in [0, 0.05) is 5.41 Å². The summed E-state index contributed by atoms with van der Waals surface area (Å²) in [6, 6.07) is 58.9. The van der Waals surface area contributed by atoms with Gasteiger partial charge in [0.25, 0.3) is 0 Å². The van der Waals surface area contributed by atoms with Crippen LogP contribution in [0, 0.1) is 0 Å². The van der Waals surface area contributed by atoms with E-state index in [0.29, 0.717) is 0 Å². The molecule has 10 rings (SSSR count). The second-order valence-electron chi connectivity index (χ2n) is 13.7. The first-order valence-corrected chi connectivity index (χ1v) is 16.6. The molecule has 0 amide bonds. The Hall–Kier alpha value is -5.72. The zero-order chi connectivity index (χ0) is 31.3. The predicted octanol–water partition coefficient (Wildman–Crippen LogP) is 12.9. The molecule has 0 radical (unpaired) electrons. The topological polar surface area (TPSA) is 0 Å². The van der Waals surface area contributed by atoms with E-state index in [-0.39, 0.29) is 5.41 Å². The van der Waals surface area contributed by atoms with E-state index in [1.807, 2.05) is 0 Å². The molecule has 2 aliphatic rings. The summed E-state index contributed by atoms with van der Waals surface area (Å²) in [6.07, 6.45) is 0. The van der Waals surface area contributed by atoms with E-state index in [1.165, 1.54) is 99.4 Å². The number of benzene rings is 8. The van der Waals surface area contributed by atoms with Gasteiger partial charge in [-0.2, -0.15) is 0 Å². The fourth-order valence-corrected chi connectivity index (χ4v) is 8.42. The molecule has 0 unspecified atom stereocenters. The lowest BCUT2D eigenvalue weighted by atomic mass is 9.81. The van der Waals surface area contributed by atoms with Gasteiger partial charge in [-0.25, -0.2) is 0 Å². The number of hydrogen-bond donors (Lipinski definition) is 0. The van der Waals surface area contributed by atoms with Crippen molar-refractivity contribution in [2.24, 2.45) is 0 Å². The highest BCUT2D eigenvalue weighted by Crippen LogP contribution is 2.51. The van der Waals surface area contributed by atoms with Crippen LogP contribution in [0.3, 0.4) is 0 Å². The Kier molecular flexibility index (Phi) is 5.44. The zero-order valence-electron chi connectivity index (χ0n) is 26.5. The molecule has 0 aromatic heterocycles. The summed E-state index contributed by atoms with van der Waals surface area (Å²) in [6.45, 7) is 4.70. The minimum atomic E-state index is -0.00802. The maximum Gasteiger partial charge on any atom is 0.0159 e. The molecule has 0 bridgehead atoms. The molecule has 8 aromatic carbocycles. The molecule has 0 nitrogen and oxygen atoms in total. The van der Waals surface area contributed by atoms with Crippen LogP contribution in [0.5, 0.6) is 0 Å². The molecule has 2 aliphatic carbocycles. The first-order valence-electron chi connectivity index (χ1n) is 16.6. The van der Waals surface area contributed by atoms with Gasteiger partial charge in [-0.1, -0.05) is 147 Å². The van der Waals surface area contributed by atoms with Gasteiger partial charge in [-0.15, -0.1) is 0 Å². The van der Waals surface area contributed by atoms with Crippen LogP contribution in [-0.2, 0) is 5.41 Å². The number of fused-ring (bicyclic) bond motifs is 7. The summed E-state index contributed by atoms with van der Waals surface area (Å²) in [5.41, 5.74) is 18.4.